The van der Waals surface area contributed by atoms with Gasteiger partial charge in [-0.1, -0.05) is 6.07 Å². The van der Waals surface area contributed by atoms with Crippen molar-refractivity contribution in [1.29, 1.82) is 5.26 Å². The average molecular weight is 187 g/mol. The molecule has 1 aromatic rings. The molecule has 0 fully saturated rings. The van der Waals surface area contributed by atoms with Crippen LogP contribution in [0.4, 0.5) is 0 Å². The molecule has 1 aromatic carbocycles. The van der Waals surface area contributed by atoms with Crippen LogP contribution in [0, 0.1) is 11.3 Å². The molecule has 3 nitrogen and oxygen atoms in total. The van der Waals surface area contributed by atoms with Crippen LogP contribution in [-0.2, 0) is 0 Å². The van der Waals surface area contributed by atoms with Gasteiger partial charge in [0.1, 0.15) is 13.2 Å². The number of hydrogen-bond donors (Lipinski definition) is 0. The molecular formula is C11H9NO2. The number of nitriles is 1. The molecule has 1 heterocycles. The van der Waals surface area contributed by atoms with Crippen LogP contribution in [0.1, 0.15) is 5.56 Å². The number of fused-ring (bicyclic) bond motifs is 1. The van der Waals surface area contributed by atoms with Gasteiger partial charge in [-0.25, -0.2) is 0 Å². The summed E-state index contributed by atoms with van der Waals surface area (Å²) in [6.07, 6.45) is 3.17. The van der Waals surface area contributed by atoms with Gasteiger partial charge in [-0.05, 0) is 23.8 Å². The molecule has 0 aromatic heterocycles. The van der Waals surface area contributed by atoms with Crippen molar-refractivity contribution in [1.82, 2.24) is 0 Å². The third-order valence-corrected chi connectivity index (χ3v) is 1.92. The van der Waals surface area contributed by atoms with E-state index in [0.717, 1.165) is 17.1 Å². The molecule has 0 spiro atoms. The van der Waals surface area contributed by atoms with Gasteiger partial charge < -0.3 is 9.47 Å². The minimum absolute atomic E-state index is 0.582. The summed E-state index contributed by atoms with van der Waals surface area (Å²) in [5.74, 6) is 1.52. The van der Waals surface area contributed by atoms with Crippen LogP contribution >= 0.6 is 0 Å². The predicted molar refractivity (Wildman–Crippen MR) is 52.1 cm³/mol. The molecule has 0 N–H and O–H groups in total. The Bertz CT molecular complexity index is 404. The maximum Gasteiger partial charge on any atom is 0.161 e. The maximum absolute atomic E-state index is 8.37. The van der Waals surface area contributed by atoms with Crippen LogP contribution in [0.5, 0.6) is 11.5 Å². The Balaban J connectivity index is 2.30. The van der Waals surface area contributed by atoms with E-state index in [9.17, 15) is 0 Å². The van der Waals surface area contributed by atoms with Crippen molar-refractivity contribution in [2.75, 3.05) is 13.2 Å². The molecule has 1 aliphatic rings. The topological polar surface area (TPSA) is 42.2 Å². The number of rotatable bonds is 1. The number of ether oxygens (including phenoxy) is 2. The van der Waals surface area contributed by atoms with Crippen molar-refractivity contribution in [3.8, 4) is 17.6 Å². The first-order valence-corrected chi connectivity index (χ1v) is 4.36. The first-order valence-electron chi connectivity index (χ1n) is 4.36. The van der Waals surface area contributed by atoms with Crippen molar-refractivity contribution in [3.63, 3.8) is 0 Å². The Morgan fingerprint density at radius 1 is 1.21 bits per heavy atom. The van der Waals surface area contributed by atoms with E-state index in [1.54, 1.807) is 6.08 Å². The van der Waals surface area contributed by atoms with Gasteiger partial charge in [-0.3, -0.25) is 0 Å². The molecule has 0 radical (unpaired) electrons. The number of allylic oxidation sites excluding steroid dienone is 1. The lowest BCUT2D eigenvalue weighted by atomic mass is 10.2. The zero-order valence-corrected chi connectivity index (χ0v) is 7.56. The Morgan fingerprint density at radius 3 is 2.79 bits per heavy atom. The molecule has 0 unspecified atom stereocenters. The molecule has 3 heteroatoms. The molecule has 14 heavy (non-hydrogen) atoms. The molecule has 0 saturated heterocycles. The number of hydrogen-bond acceptors (Lipinski definition) is 3. The van der Waals surface area contributed by atoms with Crippen molar-refractivity contribution in [3.05, 3.63) is 29.8 Å². The molecule has 1 aliphatic heterocycles. The highest BCUT2D eigenvalue weighted by Gasteiger charge is 2.10. The molecular weight excluding hydrogens is 178 g/mol. The minimum Gasteiger partial charge on any atom is -0.486 e. The summed E-state index contributed by atoms with van der Waals surface area (Å²) in [5, 5.41) is 8.37. The van der Waals surface area contributed by atoms with E-state index < -0.39 is 0 Å². The van der Waals surface area contributed by atoms with Gasteiger partial charge in [-0.15, -0.1) is 0 Å². The summed E-state index contributed by atoms with van der Waals surface area (Å²) in [7, 11) is 0. The second-order valence-electron chi connectivity index (χ2n) is 2.87. The molecule has 0 amide bonds. The molecule has 0 atom stereocenters. The van der Waals surface area contributed by atoms with Crippen LogP contribution in [0.3, 0.4) is 0 Å². The van der Waals surface area contributed by atoms with Gasteiger partial charge in [0.15, 0.2) is 11.5 Å². The molecule has 0 bridgehead atoms. The second-order valence-corrected chi connectivity index (χ2v) is 2.87. The fourth-order valence-corrected chi connectivity index (χ4v) is 1.30. The third-order valence-electron chi connectivity index (χ3n) is 1.92. The molecule has 2 rings (SSSR count). The van der Waals surface area contributed by atoms with Crippen LogP contribution in [0.2, 0.25) is 0 Å². The maximum atomic E-state index is 8.37. The lowest BCUT2D eigenvalue weighted by Crippen LogP contribution is -2.15. The van der Waals surface area contributed by atoms with E-state index in [1.807, 2.05) is 24.3 Å². The lowest BCUT2D eigenvalue weighted by Gasteiger charge is -2.18. The highest BCUT2D eigenvalue weighted by molar-refractivity contribution is 5.57. The first kappa shape index (κ1) is 8.64. The molecule has 70 valence electrons. The van der Waals surface area contributed by atoms with Crippen molar-refractivity contribution < 1.29 is 9.47 Å². The summed E-state index contributed by atoms with van der Waals surface area (Å²) in [6, 6.07) is 7.55. The highest BCUT2D eigenvalue weighted by atomic mass is 16.6. The van der Waals surface area contributed by atoms with Crippen LogP contribution in [0.15, 0.2) is 24.3 Å². The van der Waals surface area contributed by atoms with E-state index in [1.165, 1.54) is 6.08 Å². The van der Waals surface area contributed by atoms with E-state index in [-0.39, 0.29) is 0 Å². The largest absolute Gasteiger partial charge is 0.486 e. The van der Waals surface area contributed by atoms with Gasteiger partial charge in [0.2, 0.25) is 0 Å². The minimum atomic E-state index is 0.582. The highest BCUT2D eigenvalue weighted by Crippen LogP contribution is 2.30. The van der Waals surface area contributed by atoms with Crippen LogP contribution in [-0.4, -0.2) is 13.2 Å². The normalized spacial score (nSPS) is 13.9. The van der Waals surface area contributed by atoms with Crippen LogP contribution in [0.25, 0.3) is 6.08 Å². The lowest BCUT2D eigenvalue weighted by molar-refractivity contribution is 0.171. The summed E-state index contributed by atoms with van der Waals surface area (Å²) in [5.41, 5.74) is 0.941. The Morgan fingerprint density at radius 2 is 2.00 bits per heavy atom. The third kappa shape index (κ3) is 1.69. The van der Waals surface area contributed by atoms with E-state index in [2.05, 4.69) is 0 Å². The Kier molecular flexibility index (Phi) is 2.37. The summed E-state index contributed by atoms with van der Waals surface area (Å²) in [6.45, 7) is 1.18. The quantitative estimate of drug-likeness (QED) is 0.631. The SMILES string of the molecule is N#CC=Cc1ccc2c(c1)OCCO2. The van der Waals surface area contributed by atoms with Crippen LogP contribution < -0.4 is 9.47 Å². The molecule has 0 aliphatic carbocycles. The van der Waals surface area contributed by atoms with E-state index in [0.29, 0.717) is 13.2 Å². The monoisotopic (exact) mass is 187 g/mol. The summed E-state index contributed by atoms with van der Waals surface area (Å²) < 4.78 is 10.8. The fraction of sp³-hybridized carbons (Fsp3) is 0.182. The second kappa shape index (κ2) is 3.84. The standard InChI is InChI=1S/C11H9NO2/c12-5-1-2-9-3-4-10-11(8-9)14-7-6-13-10/h1-4,8H,6-7H2. The van der Waals surface area contributed by atoms with Crippen molar-refractivity contribution >= 4 is 6.08 Å². The van der Waals surface area contributed by atoms with Gasteiger partial charge in [0, 0.05) is 6.08 Å². The number of benzene rings is 1. The van der Waals surface area contributed by atoms with Gasteiger partial charge >= 0.3 is 0 Å². The van der Waals surface area contributed by atoms with E-state index in [4.69, 9.17) is 14.7 Å². The van der Waals surface area contributed by atoms with Crippen molar-refractivity contribution in [2.45, 2.75) is 0 Å². The summed E-state index contributed by atoms with van der Waals surface area (Å²) >= 11 is 0. The van der Waals surface area contributed by atoms with Crippen molar-refractivity contribution in [2.24, 2.45) is 0 Å². The summed E-state index contributed by atoms with van der Waals surface area (Å²) in [4.78, 5) is 0. The average Bonchev–Trinajstić information content (AvgIpc) is 2.26. The number of nitrogens with zero attached hydrogens (tertiary/aromatic N) is 1. The smallest absolute Gasteiger partial charge is 0.161 e. The zero-order valence-electron chi connectivity index (χ0n) is 7.56. The Hall–Kier alpha value is -1.95. The van der Waals surface area contributed by atoms with E-state index >= 15 is 0 Å². The predicted octanol–water partition coefficient (Wildman–Crippen LogP) is 1.99. The Labute approximate surface area is 82.2 Å². The zero-order chi connectivity index (χ0) is 9.80. The fourth-order valence-electron chi connectivity index (χ4n) is 1.30. The molecule has 0 saturated carbocycles. The van der Waals surface area contributed by atoms with Gasteiger partial charge in [0.05, 0.1) is 6.07 Å². The van der Waals surface area contributed by atoms with Gasteiger partial charge in [-0.2, -0.15) is 5.26 Å². The van der Waals surface area contributed by atoms with Gasteiger partial charge in [0.25, 0.3) is 0 Å². The first-order chi connectivity index (χ1) is 6.90.